The molecule has 2 rings (SSSR count). The van der Waals surface area contributed by atoms with Gasteiger partial charge in [-0.25, -0.2) is 0 Å². The van der Waals surface area contributed by atoms with Crippen LogP contribution < -0.4 is 15.4 Å². The van der Waals surface area contributed by atoms with Crippen LogP contribution in [0, 0.1) is 5.92 Å². The summed E-state index contributed by atoms with van der Waals surface area (Å²) >= 11 is 0. The lowest BCUT2D eigenvalue weighted by atomic mass is 10.0. The Morgan fingerprint density at radius 1 is 1.12 bits per heavy atom. The number of amides is 1. The summed E-state index contributed by atoms with van der Waals surface area (Å²) < 4.78 is 5.15. The van der Waals surface area contributed by atoms with Crippen molar-refractivity contribution in [1.82, 2.24) is 5.32 Å². The summed E-state index contributed by atoms with van der Waals surface area (Å²) in [5, 5.41) is 16.0. The van der Waals surface area contributed by atoms with E-state index < -0.39 is 6.10 Å². The average molecular weight is 342 g/mol. The number of anilines is 2. The van der Waals surface area contributed by atoms with Crippen molar-refractivity contribution < 1.29 is 14.6 Å². The Bertz CT molecular complexity index is 684. The van der Waals surface area contributed by atoms with Crippen LogP contribution in [0.4, 0.5) is 11.4 Å². The van der Waals surface area contributed by atoms with Gasteiger partial charge in [0.05, 0.1) is 24.5 Å². The van der Waals surface area contributed by atoms with E-state index in [1.165, 1.54) is 0 Å². The molecule has 0 heterocycles. The van der Waals surface area contributed by atoms with Crippen molar-refractivity contribution >= 4 is 17.3 Å². The number of benzene rings is 2. The number of carbonyl (C=O) groups excluding carboxylic acids is 1. The standard InChI is InChI=1S/C20H26N2O3/c1-14(2)19(23)12-13-21-20(24)17-6-4-5-7-18(17)22-15-8-10-16(25-3)11-9-15/h4-11,14,19,22-23H,12-13H2,1-3H3,(H,21,24)/t19-/m0/s1. The van der Waals surface area contributed by atoms with Crippen molar-refractivity contribution in [3.05, 3.63) is 54.1 Å². The molecule has 0 aliphatic rings. The number of aliphatic hydroxyl groups excluding tert-OH is 1. The molecule has 0 saturated carbocycles. The van der Waals surface area contributed by atoms with Crippen LogP contribution >= 0.6 is 0 Å². The molecule has 0 unspecified atom stereocenters. The van der Waals surface area contributed by atoms with Crippen LogP contribution in [0.2, 0.25) is 0 Å². The predicted octanol–water partition coefficient (Wildman–Crippen LogP) is 3.58. The molecule has 25 heavy (non-hydrogen) atoms. The van der Waals surface area contributed by atoms with Crippen molar-refractivity contribution in [2.24, 2.45) is 5.92 Å². The van der Waals surface area contributed by atoms with Gasteiger partial charge in [0.2, 0.25) is 0 Å². The van der Waals surface area contributed by atoms with E-state index in [-0.39, 0.29) is 11.8 Å². The molecule has 1 atom stereocenters. The van der Waals surface area contributed by atoms with Gasteiger partial charge in [-0.05, 0) is 48.7 Å². The zero-order valence-electron chi connectivity index (χ0n) is 15.0. The molecule has 0 aromatic heterocycles. The highest BCUT2D eigenvalue weighted by molar-refractivity contribution is 6.00. The summed E-state index contributed by atoms with van der Waals surface area (Å²) in [6, 6.07) is 14.9. The lowest BCUT2D eigenvalue weighted by Crippen LogP contribution is -2.29. The van der Waals surface area contributed by atoms with Crippen LogP contribution in [-0.2, 0) is 0 Å². The zero-order chi connectivity index (χ0) is 18.2. The first-order valence-electron chi connectivity index (χ1n) is 8.47. The van der Waals surface area contributed by atoms with E-state index in [1.807, 2.05) is 56.3 Å². The molecule has 0 radical (unpaired) electrons. The zero-order valence-corrected chi connectivity index (χ0v) is 15.0. The average Bonchev–Trinajstić information content (AvgIpc) is 2.62. The number of nitrogens with one attached hydrogen (secondary N) is 2. The number of carbonyl (C=O) groups is 1. The summed E-state index contributed by atoms with van der Waals surface area (Å²) in [4.78, 5) is 12.5. The Labute approximate surface area is 149 Å². The number of hydrogen-bond donors (Lipinski definition) is 3. The number of rotatable bonds is 8. The van der Waals surface area contributed by atoms with Gasteiger partial charge in [-0.3, -0.25) is 4.79 Å². The van der Waals surface area contributed by atoms with E-state index in [0.717, 1.165) is 17.1 Å². The maximum atomic E-state index is 12.5. The van der Waals surface area contributed by atoms with Crippen LogP contribution in [0.3, 0.4) is 0 Å². The fourth-order valence-electron chi connectivity index (χ4n) is 2.38. The monoisotopic (exact) mass is 342 g/mol. The SMILES string of the molecule is COc1ccc(Nc2ccccc2C(=O)NCC[C@H](O)C(C)C)cc1. The van der Waals surface area contributed by atoms with Gasteiger partial charge in [0, 0.05) is 12.2 Å². The van der Waals surface area contributed by atoms with Crippen LogP contribution in [-0.4, -0.2) is 30.8 Å². The summed E-state index contributed by atoms with van der Waals surface area (Å²) in [6.45, 7) is 4.36. The normalized spacial score (nSPS) is 11.9. The minimum absolute atomic E-state index is 0.160. The van der Waals surface area contributed by atoms with Crippen molar-refractivity contribution in [3.8, 4) is 5.75 Å². The second-order valence-corrected chi connectivity index (χ2v) is 6.26. The highest BCUT2D eigenvalue weighted by atomic mass is 16.5. The van der Waals surface area contributed by atoms with Crippen LogP contribution in [0.5, 0.6) is 5.75 Å². The Morgan fingerprint density at radius 2 is 1.80 bits per heavy atom. The van der Waals surface area contributed by atoms with E-state index in [4.69, 9.17) is 4.74 Å². The topological polar surface area (TPSA) is 70.6 Å². The molecule has 0 aliphatic carbocycles. The number of methoxy groups -OCH3 is 1. The number of ether oxygens (including phenoxy) is 1. The largest absolute Gasteiger partial charge is 0.497 e. The van der Waals surface area contributed by atoms with Crippen molar-refractivity contribution in [2.45, 2.75) is 26.4 Å². The molecule has 0 aliphatic heterocycles. The summed E-state index contributed by atoms with van der Waals surface area (Å²) in [5.74, 6) is 0.800. The quantitative estimate of drug-likeness (QED) is 0.686. The smallest absolute Gasteiger partial charge is 0.253 e. The van der Waals surface area contributed by atoms with Gasteiger partial charge in [-0.15, -0.1) is 0 Å². The van der Waals surface area contributed by atoms with Gasteiger partial charge in [0.1, 0.15) is 5.75 Å². The number of hydrogen-bond acceptors (Lipinski definition) is 4. The summed E-state index contributed by atoms with van der Waals surface area (Å²) in [7, 11) is 1.62. The van der Waals surface area contributed by atoms with Gasteiger partial charge in [-0.2, -0.15) is 0 Å². The first-order valence-corrected chi connectivity index (χ1v) is 8.47. The van der Waals surface area contributed by atoms with E-state index >= 15 is 0 Å². The lowest BCUT2D eigenvalue weighted by Gasteiger charge is -2.16. The maximum Gasteiger partial charge on any atom is 0.253 e. The van der Waals surface area contributed by atoms with Crippen LogP contribution in [0.25, 0.3) is 0 Å². The molecular formula is C20H26N2O3. The Morgan fingerprint density at radius 3 is 2.44 bits per heavy atom. The fraction of sp³-hybridized carbons (Fsp3) is 0.350. The molecule has 0 fully saturated rings. The summed E-state index contributed by atoms with van der Waals surface area (Å²) in [6.07, 6.45) is 0.130. The molecule has 2 aromatic rings. The lowest BCUT2D eigenvalue weighted by molar-refractivity contribution is 0.0921. The highest BCUT2D eigenvalue weighted by Crippen LogP contribution is 2.23. The first-order chi connectivity index (χ1) is 12.0. The van der Waals surface area contributed by atoms with E-state index in [1.54, 1.807) is 13.2 Å². The second kappa shape index (κ2) is 9.08. The number of aliphatic hydroxyl groups is 1. The summed E-state index contributed by atoms with van der Waals surface area (Å²) in [5.41, 5.74) is 2.17. The van der Waals surface area contributed by atoms with Crippen molar-refractivity contribution in [1.29, 1.82) is 0 Å². The predicted molar refractivity (Wildman–Crippen MR) is 101 cm³/mol. The number of para-hydroxylation sites is 1. The molecule has 0 saturated heterocycles. The molecule has 0 spiro atoms. The van der Waals surface area contributed by atoms with Crippen molar-refractivity contribution in [3.63, 3.8) is 0 Å². The molecule has 5 heteroatoms. The van der Waals surface area contributed by atoms with E-state index in [0.29, 0.717) is 18.5 Å². The molecule has 2 aromatic carbocycles. The van der Waals surface area contributed by atoms with Crippen LogP contribution in [0.15, 0.2) is 48.5 Å². The van der Waals surface area contributed by atoms with Gasteiger partial charge >= 0.3 is 0 Å². The van der Waals surface area contributed by atoms with Gasteiger partial charge in [0.25, 0.3) is 5.91 Å². The molecular weight excluding hydrogens is 316 g/mol. The maximum absolute atomic E-state index is 12.5. The van der Waals surface area contributed by atoms with E-state index in [2.05, 4.69) is 10.6 Å². The first kappa shape index (κ1) is 18.8. The van der Waals surface area contributed by atoms with Gasteiger partial charge in [0.15, 0.2) is 0 Å². The minimum Gasteiger partial charge on any atom is -0.497 e. The third-order valence-corrected chi connectivity index (χ3v) is 4.04. The van der Waals surface area contributed by atoms with Crippen molar-refractivity contribution in [2.75, 3.05) is 19.0 Å². The minimum atomic E-state index is -0.409. The van der Waals surface area contributed by atoms with E-state index in [9.17, 15) is 9.90 Å². The molecule has 134 valence electrons. The third kappa shape index (κ3) is 5.50. The Hall–Kier alpha value is -2.53. The fourth-order valence-corrected chi connectivity index (χ4v) is 2.38. The third-order valence-electron chi connectivity index (χ3n) is 4.04. The Kier molecular flexibility index (Phi) is 6.83. The molecule has 3 N–H and O–H groups in total. The van der Waals surface area contributed by atoms with Crippen LogP contribution in [0.1, 0.15) is 30.6 Å². The highest BCUT2D eigenvalue weighted by Gasteiger charge is 2.13. The molecule has 0 bridgehead atoms. The Balaban J connectivity index is 2.02. The van der Waals surface area contributed by atoms with Gasteiger partial charge in [-0.1, -0.05) is 26.0 Å². The van der Waals surface area contributed by atoms with Gasteiger partial charge < -0.3 is 20.5 Å². The second-order valence-electron chi connectivity index (χ2n) is 6.26. The molecule has 5 nitrogen and oxygen atoms in total. The molecule has 1 amide bonds.